The van der Waals surface area contributed by atoms with Crippen LogP contribution in [0.5, 0.6) is 0 Å². The van der Waals surface area contributed by atoms with E-state index >= 15 is 0 Å². The average Bonchev–Trinajstić information content (AvgIpc) is 3.01. The maximum absolute atomic E-state index is 13.1. The molecule has 1 saturated heterocycles. The Hall–Kier alpha value is -3.44. The number of Topliss-reactive ketones (excluding diaryl/α,β-unsaturated/α-hetero) is 1. The molecule has 0 spiro atoms. The summed E-state index contributed by atoms with van der Waals surface area (Å²) in [5, 5.41) is 11.5. The third kappa shape index (κ3) is 3.27. The van der Waals surface area contributed by atoms with Gasteiger partial charge in [0.15, 0.2) is 0 Å². The Morgan fingerprint density at radius 3 is 2.33 bits per heavy atom. The Labute approximate surface area is 179 Å². The van der Waals surface area contributed by atoms with Gasteiger partial charge in [-0.15, -0.1) is 0 Å². The minimum atomic E-state index is -0.774. The number of carbonyl (C=O) groups excluding carboxylic acids is 2. The van der Waals surface area contributed by atoms with Gasteiger partial charge in [-0.3, -0.25) is 19.5 Å². The fraction of sp³-hybridized carbons (Fsp3) is 0.125. The Morgan fingerprint density at radius 1 is 1.00 bits per heavy atom. The van der Waals surface area contributed by atoms with Crippen LogP contribution in [0.25, 0.3) is 5.76 Å². The molecule has 1 atom stereocenters. The van der Waals surface area contributed by atoms with Crippen molar-refractivity contribution in [1.29, 1.82) is 0 Å². The molecule has 30 heavy (non-hydrogen) atoms. The van der Waals surface area contributed by atoms with Crippen LogP contribution in [0.2, 0.25) is 5.02 Å². The lowest BCUT2D eigenvalue weighted by atomic mass is 9.95. The molecule has 1 N–H and O–H groups in total. The van der Waals surface area contributed by atoms with E-state index in [2.05, 4.69) is 4.98 Å². The van der Waals surface area contributed by atoms with E-state index in [1.165, 1.54) is 4.90 Å². The lowest BCUT2D eigenvalue weighted by Crippen LogP contribution is -2.30. The Bertz CT molecular complexity index is 1170. The summed E-state index contributed by atoms with van der Waals surface area (Å²) >= 11 is 5.95. The second-order valence-corrected chi connectivity index (χ2v) is 7.61. The monoisotopic (exact) mass is 418 g/mol. The maximum Gasteiger partial charge on any atom is 0.300 e. The van der Waals surface area contributed by atoms with Crippen molar-refractivity contribution < 1.29 is 14.7 Å². The predicted octanol–water partition coefficient (Wildman–Crippen LogP) is 4.98. The summed E-state index contributed by atoms with van der Waals surface area (Å²) in [7, 11) is 0. The quantitative estimate of drug-likeness (QED) is 0.370. The lowest BCUT2D eigenvalue weighted by molar-refractivity contribution is -0.132. The molecule has 0 aliphatic carbocycles. The smallest absolute Gasteiger partial charge is 0.300 e. The topological polar surface area (TPSA) is 70.5 Å². The summed E-state index contributed by atoms with van der Waals surface area (Å²) in [5.74, 6) is -1.65. The second kappa shape index (κ2) is 7.76. The molecule has 3 aromatic rings. The van der Waals surface area contributed by atoms with Crippen molar-refractivity contribution in [3.8, 4) is 0 Å². The largest absolute Gasteiger partial charge is 0.507 e. The van der Waals surface area contributed by atoms with E-state index in [-0.39, 0.29) is 11.3 Å². The average molecular weight is 419 g/mol. The number of aliphatic hydroxyl groups excluding tert-OH is 1. The minimum Gasteiger partial charge on any atom is -0.507 e. The minimum absolute atomic E-state index is 0.0365. The summed E-state index contributed by atoms with van der Waals surface area (Å²) in [6.45, 7) is 3.86. The molecule has 1 fully saturated rings. The molecule has 1 aliphatic rings. The first-order valence-corrected chi connectivity index (χ1v) is 9.81. The molecule has 150 valence electrons. The summed E-state index contributed by atoms with van der Waals surface area (Å²) in [4.78, 5) is 31.7. The van der Waals surface area contributed by atoms with Gasteiger partial charge >= 0.3 is 0 Å². The van der Waals surface area contributed by atoms with E-state index < -0.39 is 17.7 Å². The van der Waals surface area contributed by atoms with E-state index in [1.54, 1.807) is 48.8 Å². The van der Waals surface area contributed by atoms with Crippen molar-refractivity contribution in [2.24, 2.45) is 0 Å². The van der Waals surface area contributed by atoms with Crippen molar-refractivity contribution in [2.75, 3.05) is 4.90 Å². The van der Waals surface area contributed by atoms with Crippen LogP contribution in [0.15, 0.2) is 72.6 Å². The van der Waals surface area contributed by atoms with Gasteiger partial charge in [0.2, 0.25) is 0 Å². The number of ketones is 1. The molecule has 4 rings (SSSR count). The van der Waals surface area contributed by atoms with E-state index in [0.29, 0.717) is 21.8 Å². The van der Waals surface area contributed by atoms with Gasteiger partial charge in [-0.05, 0) is 73.0 Å². The van der Waals surface area contributed by atoms with E-state index in [9.17, 15) is 14.7 Å². The molecule has 1 unspecified atom stereocenters. The highest BCUT2D eigenvalue weighted by Crippen LogP contribution is 2.43. The number of halogens is 1. The highest BCUT2D eigenvalue weighted by Gasteiger charge is 2.47. The number of aryl methyl sites for hydroxylation is 1. The summed E-state index contributed by atoms with van der Waals surface area (Å²) in [6.07, 6.45) is 3.20. The van der Waals surface area contributed by atoms with Gasteiger partial charge in [-0.2, -0.15) is 0 Å². The first-order chi connectivity index (χ1) is 14.4. The number of hydrogen-bond donors (Lipinski definition) is 1. The third-order valence-electron chi connectivity index (χ3n) is 5.42. The number of hydrogen-bond acceptors (Lipinski definition) is 4. The molecular formula is C24H19ClN2O3. The normalized spacial score (nSPS) is 18.1. The number of amides is 1. The first kappa shape index (κ1) is 19.9. The van der Waals surface area contributed by atoms with Gasteiger partial charge in [0.05, 0.1) is 11.6 Å². The van der Waals surface area contributed by atoms with Crippen LogP contribution in [0.3, 0.4) is 0 Å². The van der Waals surface area contributed by atoms with Crippen LogP contribution < -0.4 is 4.90 Å². The molecule has 0 bridgehead atoms. The molecule has 0 saturated carbocycles. The molecule has 1 amide bonds. The van der Waals surface area contributed by atoms with E-state index in [0.717, 1.165) is 11.1 Å². The van der Waals surface area contributed by atoms with E-state index in [1.807, 2.05) is 32.0 Å². The lowest BCUT2D eigenvalue weighted by Gasteiger charge is -2.27. The number of anilines is 1. The number of rotatable bonds is 3. The van der Waals surface area contributed by atoms with Crippen molar-refractivity contribution in [3.63, 3.8) is 0 Å². The molecule has 1 aliphatic heterocycles. The zero-order chi connectivity index (χ0) is 21.4. The van der Waals surface area contributed by atoms with Crippen molar-refractivity contribution in [3.05, 3.63) is 99.8 Å². The number of pyridine rings is 1. The van der Waals surface area contributed by atoms with Crippen LogP contribution in [0, 0.1) is 13.8 Å². The Morgan fingerprint density at radius 2 is 1.67 bits per heavy atom. The highest BCUT2D eigenvalue weighted by molar-refractivity contribution is 6.51. The SMILES string of the molecule is Cc1cccc(N2C(=O)C(=O)/C(=C(/O)c3ccc(Cl)cc3)C2c2ccncc2)c1C. The van der Waals surface area contributed by atoms with Gasteiger partial charge in [0.25, 0.3) is 11.7 Å². The maximum atomic E-state index is 13.1. The molecule has 1 aromatic heterocycles. The van der Waals surface area contributed by atoms with Crippen molar-refractivity contribution >= 4 is 34.7 Å². The molecule has 2 aromatic carbocycles. The third-order valence-corrected chi connectivity index (χ3v) is 5.67. The zero-order valence-electron chi connectivity index (χ0n) is 16.5. The fourth-order valence-corrected chi connectivity index (χ4v) is 3.83. The number of aromatic nitrogens is 1. The van der Waals surface area contributed by atoms with Gasteiger partial charge in [-0.25, -0.2) is 0 Å². The first-order valence-electron chi connectivity index (χ1n) is 9.43. The number of aliphatic hydroxyl groups is 1. The molecule has 0 radical (unpaired) electrons. The Balaban J connectivity index is 1.97. The van der Waals surface area contributed by atoms with E-state index in [4.69, 9.17) is 11.6 Å². The van der Waals surface area contributed by atoms with Crippen LogP contribution in [0.1, 0.15) is 28.3 Å². The number of carbonyl (C=O) groups is 2. The molecular weight excluding hydrogens is 400 g/mol. The molecule has 2 heterocycles. The standard InChI is InChI=1S/C24H19ClN2O3/c1-14-4-3-5-19(15(14)2)27-21(16-10-12-26-13-11-16)20(23(29)24(27)30)22(28)17-6-8-18(25)9-7-17/h3-13,21,28H,1-2H3/b22-20+. The fourth-order valence-electron chi connectivity index (χ4n) is 3.70. The van der Waals surface area contributed by atoms with Crippen LogP contribution in [-0.2, 0) is 9.59 Å². The van der Waals surface area contributed by atoms with Crippen LogP contribution in [-0.4, -0.2) is 21.8 Å². The summed E-state index contributed by atoms with van der Waals surface area (Å²) < 4.78 is 0. The van der Waals surface area contributed by atoms with Gasteiger partial charge in [-0.1, -0.05) is 23.7 Å². The van der Waals surface area contributed by atoms with Gasteiger partial charge in [0, 0.05) is 28.7 Å². The summed E-state index contributed by atoms with van der Waals surface area (Å²) in [5.41, 5.74) is 3.66. The number of benzene rings is 2. The second-order valence-electron chi connectivity index (χ2n) is 7.18. The van der Waals surface area contributed by atoms with Gasteiger partial charge in [0.1, 0.15) is 5.76 Å². The van der Waals surface area contributed by atoms with Crippen LogP contribution >= 0.6 is 11.6 Å². The number of nitrogens with zero attached hydrogens (tertiary/aromatic N) is 2. The summed E-state index contributed by atoms with van der Waals surface area (Å²) in [6, 6.07) is 14.8. The van der Waals surface area contributed by atoms with Crippen molar-refractivity contribution in [1.82, 2.24) is 4.98 Å². The molecule has 6 heteroatoms. The van der Waals surface area contributed by atoms with Crippen molar-refractivity contribution in [2.45, 2.75) is 19.9 Å². The van der Waals surface area contributed by atoms with Crippen LogP contribution in [0.4, 0.5) is 5.69 Å². The van der Waals surface area contributed by atoms with Gasteiger partial charge < -0.3 is 5.11 Å². The molecule has 5 nitrogen and oxygen atoms in total. The zero-order valence-corrected chi connectivity index (χ0v) is 17.2. The predicted molar refractivity (Wildman–Crippen MR) is 116 cm³/mol. The Kier molecular flexibility index (Phi) is 5.14. The highest BCUT2D eigenvalue weighted by atomic mass is 35.5.